The van der Waals surface area contributed by atoms with E-state index in [0.717, 1.165) is 25.7 Å². The van der Waals surface area contributed by atoms with Crippen LogP contribution in [0.1, 0.15) is 49.1 Å². The fraction of sp³-hybridized carbons (Fsp3) is 0.368. The van der Waals surface area contributed by atoms with Gasteiger partial charge in [0.15, 0.2) is 0 Å². The van der Waals surface area contributed by atoms with Gasteiger partial charge in [-0.1, -0.05) is 31.4 Å². The van der Waals surface area contributed by atoms with Crippen LogP contribution in [0.3, 0.4) is 0 Å². The molecule has 4 heteroatoms. The first-order valence-corrected chi connectivity index (χ1v) is 8.10. The molecule has 1 aliphatic rings. The zero-order valence-electron chi connectivity index (χ0n) is 12.9. The van der Waals surface area contributed by atoms with E-state index in [0.29, 0.717) is 17.0 Å². The molecule has 4 N–H and O–H groups in total. The lowest BCUT2D eigenvalue weighted by Crippen LogP contribution is -2.18. The number of rotatable bonds is 3. The van der Waals surface area contributed by atoms with Crippen molar-refractivity contribution in [2.75, 3.05) is 0 Å². The second kappa shape index (κ2) is 6.41. The zero-order valence-corrected chi connectivity index (χ0v) is 12.9. The van der Waals surface area contributed by atoms with Crippen molar-refractivity contribution in [2.24, 2.45) is 5.92 Å². The first-order chi connectivity index (χ1) is 11.1. The van der Waals surface area contributed by atoms with E-state index < -0.39 is 0 Å². The highest BCUT2D eigenvalue weighted by Crippen LogP contribution is 2.46. The highest BCUT2D eigenvalue weighted by molar-refractivity contribution is 5.50. The summed E-state index contributed by atoms with van der Waals surface area (Å²) in [5.74, 6) is 0.263. The summed E-state index contributed by atoms with van der Waals surface area (Å²) in [6.07, 6.45) is 5.56. The third-order valence-corrected chi connectivity index (χ3v) is 4.82. The standard InChI is InChI=1S/C19H22O4/c20-13-6-8-15(17(22)10-13)19(12-4-2-1-3-5-12)16-9-7-14(21)11-18(16)23/h6-12,19-23H,1-5H2. The second-order valence-electron chi connectivity index (χ2n) is 6.36. The maximum absolute atomic E-state index is 10.3. The molecular weight excluding hydrogens is 292 g/mol. The molecule has 0 amide bonds. The smallest absolute Gasteiger partial charge is 0.123 e. The van der Waals surface area contributed by atoms with E-state index in [1.54, 1.807) is 24.3 Å². The van der Waals surface area contributed by atoms with Crippen molar-refractivity contribution in [3.8, 4) is 23.0 Å². The molecule has 2 aromatic carbocycles. The van der Waals surface area contributed by atoms with Crippen molar-refractivity contribution in [2.45, 2.75) is 38.0 Å². The van der Waals surface area contributed by atoms with Gasteiger partial charge in [-0.2, -0.15) is 0 Å². The van der Waals surface area contributed by atoms with E-state index in [2.05, 4.69) is 0 Å². The Morgan fingerprint density at radius 3 is 1.61 bits per heavy atom. The molecule has 0 unspecified atom stereocenters. The summed E-state index contributed by atoms with van der Waals surface area (Å²) in [5, 5.41) is 39.7. The Labute approximate surface area is 135 Å². The summed E-state index contributed by atoms with van der Waals surface area (Å²) in [6, 6.07) is 9.22. The van der Waals surface area contributed by atoms with Gasteiger partial charge in [0.2, 0.25) is 0 Å². The molecule has 0 spiro atoms. The van der Waals surface area contributed by atoms with Crippen LogP contribution in [0, 0.1) is 5.92 Å². The van der Waals surface area contributed by atoms with E-state index in [1.807, 2.05) is 0 Å². The van der Waals surface area contributed by atoms with Crippen molar-refractivity contribution in [1.82, 2.24) is 0 Å². The van der Waals surface area contributed by atoms with Crippen molar-refractivity contribution >= 4 is 0 Å². The normalized spacial score (nSPS) is 15.9. The third-order valence-electron chi connectivity index (χ3n) is 4.82. The molecular formula is C19H22O4. The maximum Gasteiger partial charge on any atom is 0.123 e. The molecule has 23 heavy (non-hydrogen) atoms. The quantitative estimate of drug-likeness (QED) is 0.684. The van der Waals surface area contributed by atoms with Gasteiger partial charge in [-0.3, -0.25) is 0 Å². The van der Waals surface area contributed by atoms with E-state index in [1.165, 1.54) is 18.6 Å². The number of hydrogen-bond acceptors (Lipinski definition) is 4. The zero-order chi connectivity index (χ0) is 16.4. The van der Waals surface area contributed by atoms with E-state index >= 15 is 0 Å². The predicted octanol–water partition coefficient (Wildman–Crippen LogP) is 4.22. The minimum Gasteiger partial charge on any atom is -0.508 e. The Kier molecular flexibility index (Phi) is 4.33. The number of aromatic hydroxyl groups is 4. The molecule has 0 bridgehead atoms. The van der Waals surface area contributed by atoms with Crippen molar-refractivity contribution in [3.63, 3.8) is 0 Å². The van der Waals surface area contributed by atoms with E-state index in [9.17, 15) is 20.4 Å². The van der Waals surface area contributed by atoms with Crippen LogP contribution in [-0.4, -0.2) is 20.4 Å². The van der Waals surface area contributed by atoms with Crippen LogP contribution in [0.5, 0.6) is 23.0 Å². The number of benzene rings is 2. The lowest BCUT2D eigenvalue weighted by Gasteiger charge is -2.32. The molecule has 1 fully saturated rings. The molecule has 3 rings (SSSR count). The molecule has 0 radical (unpaired) electrons. The largest absolute Gasteiger partial charge is 0.508 e. The highest BCUT2D eigenvalue weighted by Gasteiger charge is 2.30. The Hall–Kier alpha value is -2.36. The van der Waals surface area contributed by atoms with Gasteiger partial charge >= 0.3 is 0 Å². The second-order valence-corrected chi connectivity index (χ2v) is 6.36. The van der Waals surface area contributed by atoms with Crippen molar-refractivity contribution < 1.29 is 20.4 Å². The Morgan fingerprint density at radius 1 is 0.696 bits per heavy atom. The van der Waals surface area contributed by atoms with Gasteiger partial charge < -0.3 is 20.4 Å². The summed E-state index contributed by atoms with van der Waals surface area (Å²) in [6.45, 7) is 0. The minimum absolute atomic E-state index is 0.0172. The summed E-state index contributed by atoms with van der Waals surface area (Å²) in [4.78, 5) is 0. The lowest BCUT2D eigenvalue weighted by atomic mass is 9.73. The van der Waals surface area contributed by atoms with Gasteiger partial charge in [0.05, 0.1) is 0 Å². The van der Waals surface area contributed by atoms with Gasteiger partial charge in [0.1, 0.15) is 23.0 Å². The van der Waals surface area contributed by atoms with Crippen LogP contribution in [0.15, 0.2) is 36.4 Å². The fourth-order valence-electron chi connectivity index (χ4n) is 3.73. The summed E-state index contributed by atoms with van der Waals surface area (Å²) >= 11 is 0. The van der Waals surface area contributed by atoms with Crippen molar-refractivity contribution in [1.29, 1.82) is 0 Å². The average molecular weight is 314 g/mol. The van der Waals surface area contributed by atoms with E-state index in [4.69, 9.17) is 0 Å². The molecule has 4 nitrogen and oxygen atoms in total. The fourth-order valence-corrected chi connectivity index (χ4v) is 3.73. The third kappa shape index (κ3) is 3.21. The van der Waals surface area contributed by atoms with E-state index in [-0.39, 0.29) is 28.9 Å². The first-order valence-electron chi connectivity index (χ1n) is 8.10. The van der Waals surface area contributed by atoms with Gasteiger partial charge in [-0.15, -0.1) is 0 Å². The van der Waals surface area contributed by atoms with Crippen LogP contribution in [0.2, 0.25) is 0 Å². The molecule has 0 heterocycles. The minimum atomic E-state index is -0.156. The summed E-state index contributed by atoms with van der Waals surface area (Å²) < 4.78 is 0. The molecule has 0 aliphatic heterocycles. The van der Waals surface area contributed by atoms with Crippen LogP contribution in [0.4, 0.5) is 0 Å². The molecule has 1 aliphatic carbocycles. The summed E-state index contributed by atoms with van der Waals surface area (Å²) in [7, 11) is 0. The molecule has 0 saturated heterocycles. The monoisotopic (exact) mass is 314 g/mol. The van der Waals surface area contributed by atoms with Gasteiger partial charge in [-0.05, 0) is 30.9 Å². The Balaban J connectivity index is 2.09. The van der Waals surface area contributed by atoms with Crippen LogP contribution < -0.4 is 0 Å². The number of phenols is 4. The molecule has 1 saturated carbocycles. The Bertz CT molecular complexity index is 638. The number of hydrogen-bond donors (Lipinski definition) is 4. The predicted molar refractivity (Wildman–Crippen MR) is 88.0 cm³/mol. The molecule has 0 atom stereocenters. The number of phenolic OH excluding ortho intramolecular Hbond substituents is 4. The molecule has 122 valence electrons. The van der Waals surface area contributed by atoms with Gasteiger partial charge in [0, 0.05) is 29.2 Å². The Morgan fingerprint density at radius 2 is 1.17 bits per heavy atom. The SMILES string of the molecule is Oc1ccc(C(c2ccc(O)cc2O)C2CCCCC2)c(O)c1. The van der Waals surface area contributed by atoms with Gasteiger partial charge in [-0.25, -0.2) is 0 Å². The van der Waals surface area contributed by atoms with Gasteiger partial charge in [0.25, 0.3) is 0 Å². The molecule has 2 aromatic rings. The van der Waals surface area contributed by atoms with Crippen LogP contribution in [0.25, 0.3) is 0 Å². The summed E-state index contributed by atoms with van der Waals surface area (Å²) in [5.41, 5.74) is 1.41. The topological polar surface area (TPSA) is 80.9 Å². The van der Waals surface area contributed by atoms with Crippen LogP contribution >= 0.6 is 0 Å². The highest BCUT2D eigenvalue weighted by atomic mass is 16.3. The average Bonchev–Trinajstić information content (AvgIpc) is 2.52. The van der Waals surface area contributed by atoms with Crippen molar-refractivity contribution in [3.05, 3.63) is 47.5 Å². The maximum atomic E-state index is 10.3. The lowest BCUT2D eigenvalue weighted by molar-refractivity contribution is 0.316. The molecule has 0 aromatic heterocycles. The van der Waals surface area contributed by atoms with Crippen LogP contribution in [-0.2, 0) is 0 Å². The first kappa shape index (κ1) is 15.5.